The molecule has 3 rings (SSSR count). The van der Waals surface area contributed by atoms with Gasteiger partial charge in [0.2, 0.25) is 5.91 Å². The maximum atomic E-state index is 12.6. The van der Waals surface area contributed by atoms with Crippen molar-refractivity contribution >= 4 is 11.6 Å². The van der Waals surface area contributed by atoms with Crippen molar-refractivity contribution in [2.45, 2.75) is 19.9 Å². The van der Waals surface area contributed by atoms with Crippen LogP contribution in [0, 0.1) is 0 Å². The van der Waals surface area contributed by atoms with E-state index in [0.29, 0.717) is 19.7 Å². The zero-order chi connectivity index (χ0) is 20.5. The lowest BCUT2D eigenvalue weighted by atomic mass is 10.0. The average Bonchev–Trinajstić information content (AvgIpc) is 2.72. The van der Waals surface area contributed by atoms with Gasteiger partial charge in [-0.15, -0.1) is 0 Å². The maximum absolute atomic E-state index is 12.6. The van der Waals surface area contributed by atoms with Gasteiger partial charge in [0.1, 0.15) is 5.75 Å². The molecular weight excluding hydrogens is 360 g/mol. The summed E-state index contributed by atoms with van der Waals surface area (Å²) in [6, 6.07) is 26.3. The molecule has 0 unspecified atom stereocenters. The van der Waals surface area contributed by atoms with Crippen LogP contribution in [0.3, 0.4) is 0 Å². The van der Waals surface area contributed by atoms with E-state index >= 15 is 0 Å². The zero-order valence-corrected chi connectivity index (χ0v) is 17.1. The lowest BCUT2D eigenvalue weighted by Crippen LogP contribution is -2.30. The molecule has 1 amide bonds. The fourth-order valence-corrected chi connectivity index (χ4v) is 3.27. The molecule has 3 aromatic rings. The van der Waals surface area contributed by atoms with E-state index in [0.717, 1.165) is 29.0 Å². The number of hydrogen-bond acceptors (Lipinski definition) is 3. The minimum atomic E-state index is -0.0149. The first-order chi connectivity index (χ1) is 14.1. The second-order valence-electron chi connectivity index (χ2n) is 7.12. The van der Waals surface area contributed by atoms with E-state index in [1.165, 1.54) is 5.56 Å². The average molecular weight is 389 g/mol. The van der Waals surface area contributed by atoms with Gasteiger partial charge in [-0.25, -0.2) is 0 Å². The van der Waals surface area contributed by atoms with Gasteiger partial charge < -0.3 is 10.1 Å². The monoisotopic (exact) mass is 388 g/mol. The number of hydrogen-bond donors (Lipinski definition) is 1. The summed E-state index contributed by atoms with van der Waals surface area (Å²) in [6.07, 6.45) is 0.791. The third-order valence-electron chi connectivity index (χ3n) is 4.63. The van der Waals surface area contributed by atoms with Gasteiger partial charge in [0.05, 0.1) is 13.2 Å². The summed E-state index contributed by atoms with van der Waals surface area (Å²) < 4.78 is 5.47. The molecule has 0 atom stereocenters. The number of carbonyl (C=O) groups excluding carboxylic acids is 1. The number of benzene rings is 3. The Morgan fingerprint density at radius 2 is 1.59 bits per heavy atom. The van der Waals surface area contributed by atoms with Crippen molar-refractivity contribution in [1.82, 2.24) is 4.90 Å². The molecule has 0 radical (unpaired) electrons. The van der Waals surface area contributed by atoms with E-state index in [2.05, 4.69) is 23.5 Å². The van der Waals surface area contributed by atoms with Crippen LogP contribution < -0.4 is 10.1 Å². The van der Waals surface area contributed by atoms with Crippen molar-refractivity contribution in [2.24, 2.45) is 0 Å². The Morgan fingerprint density at radius 1 is 0.897 bits per heavy atom. The number of likely N-dealkylation sites (N-methyl/N-ethyl adjacent to an activating group) is 1. The number of para-hydroxylation sites is 1. The van der Waals surface area contributed by atoms with Gasteiger partial charge >= 0.3 is 0 Å². The summed E-state index contributed by atoms with van der Waals surface area (Å²) in [5, 5.41) is 3.07. The Bertz CT molecular complexity index is 908. The quantitative estimate of drug-likeness (QED) is 0.575. The number of ether oxygens (including phenoxy) is 1. The molecule has 3 aromatic carbocycles. The first-order valence-corrected chi connectivity index (χ1v) is 9.96. The summed E-state index contributed by atoms with van der Waals surface area (Å²) >= 11 is 0. The Labute approximate surface area is 173 Å². The van der Waals surface area contributed by atoms with Crippen molar-refractivity contribution in [3.8, 4) is 5.75 Å². The van der Waals surface area contributed by atoms with Crippen molar-refractivity contribution in [2.75, 3.05) is 25.5 Å². The molecule has 150 valence electrons. The Balaban J connectivity index is 1.56. The summed E-state index contributed by atoms with van der Waals surface area (Å²) in [6.45, 7) is 3.65. The normalized spacial score (nSPS) is 10.7. The second-order valence-corrected chi connectivity index (χ2v) is 7.12. The molecule has 29 heavy (non-hydrogen) atoms. The number of amides is 1. The van der Waals surface area contributed by atoms with Crippen LogP contribution in [0.4, 0.5) is 5.69 Å². The lowest BCUT2D eigenvalue weighted by molar-refractivity contribution is -0.117. The van der Waals surface area contributed by atoms with Crippen molar-refractivity contribution in [3.05, 3.63) is 95.6 Å². The van der Waals surface area contributed by atoms with Gasteiger partial charge in [0.15, 0.2) is 0 Å². The van der Waals surface area contributed by atoms with Crippen LogP contribution in [-0.2, 0) is 17.8 Å². The van der Waals surface area contributed by atoms with E-state index < -0.39 is 0 Å². The molecular formula is C25H28N2O2. The van der Waals surface area contributed by atoms with Crippen molar-refractivity contribution in [1.29, 1.82) is 0 Å². The van der Waals surface area contributed by atoms with E-state index in [9.17, 15) is 4.79 Å². The van der Waals surface area contributed by atoms with E-state index in [4.69, 9.17) is 4.74 Å². The van der Waals surface area contributed by atoms with E-state index in [-0.39, 0.29) is 5.91 Å². The summed E-state index contributed by atoms with van der Waals surface area (Å²) in [7, 11) is 1.95. The Morgan fingerprint density at radius 3 is 2.31 bits per heavy atom. The molecule has 0 saturated carbocycles. The topological polar surface area (TPSA) is 41.6 Å². The van der Waals surface area contributed by atoms with Crippen LogP contribution in [0.5, 0.6) is 5.75 Å². The third-order valence-corrected chi connectivity index (χ3v) is 4.63. The molecule has 0 saturated heterocycles. The molecule has 0 heterocycles. The molecule has 0 bridgehead atoms. The molecule has 0 spiro atoms. The SMILES string of the molecule is CCOc1ccc(CN(C)CC(=O)Nc2ccccc2Cc2ccccc2)cc1. The lowest BCUT2D eigenvalue weighted by Gasteiger charge is -2.18. The molecule has 0 aliphatic rings. The van der Waals surface area contributed by atoms with Crippen LogP contribution in [0.25, 0.3) is 0 Å². The number of nitrogens with one attached hydrogen (secondary N) is 1. The van der Waals surface area contributed by atoms with Crippen molar-refractivity contribution < 1.29 is 9.53 Å². The van der Waals surface area contributed by atoms with Crippen molar-refractivity contribution in [3.63, 3.8) is 0 Å². The standard InChI is InChI=1S/C25H28N2O2/c1-3-29-23-15-13-21(14-16-23)18-27(2)19-25(28)26-24-12-8-7-11-22(24)17-20-9-5-4-6-10-20/h4-16H,3,17-19H2,1-2H3,(H,26,28). The maximum Gasteiger partial charge on any atom is 0.238 e. The highest BCUT2D eigenvalue weighted by Gasteiger charge is 2.10. The molecule has 0 aliphatic heterocycles. The molecule has 4 heteroatoms. The van der Waals surface area contributed by atoms with Crippen LogP contribution >= 0.6 is 0 Å². The number of anilines is 1. The predicted molar refractivity (Wildman–Crippen MR) is 118 cm³/mol. The Hall–Kier alpha value is -3.11. The number of rotatable bonds is 9. The fourth-order valence-electron chi connectivity index (χ4n) is 3.27. The van der Waals surface area contributed by atoms with Crippen LogP contribution in [0.2, 0.25) is 0 Å². The minimum absolute atomic E-state index is 0.0149. The first-order valence-electron chi connectivity index (χ1n) is 9.96. The smallest absolute Gasteiger partial charge is 0.238 e. The number of carbonyl (C=O) groups is 1. The van der Waals surface area contributed by atoms with Gasteiger partial charge in [0.25, 0.3) is 0 Å². The minimum Gasteiger partial charge on any atom is -0.494 e. The van der Waals surface area contributed by atoms with Gasteiger partial charge in [-0.05, 0) is 55.3 Å². The summed E-state index contributed by atoms with van der Waals surface area (Å²) in [4.78, 5) is 14.6. The van der Waals surface area contributed by atoms with Gasteiger partial charge in [0, 0.05) is 12.2 Å². The van der Waals surface area contributed by atoms with E-state index in [1.807, 2.05) is 79.5 Å². The van der Waals surface area contributed by atoms with Gasteiger partial charge in [-0.3, -0.25) is 9.69 Å². The largest absolute Gasteiger partial charge is 0.494 e. The summed E-state index contributed by atoms with van der Waals surface area (Å²) in [5.74, 6) is 0.852. The van der Waals surface area contributed by atoms with E-state index in [1.54, 1.807) is 0 Å². The predicted octanol–water partition coefficient (Wildman–Crippen LogP) is 4.75. The van der Waals surface area contributed by atoms with Crippen LogP contribution in [0.15, 0.2) is 78.9 Å². The summed E-state index contributed by atoms with van der Waals surface area (Å²) in [5.41, 5.74) is 4.35. The molecule has 0 fully saturated rings. The zero-order valence-electron chi connectivity index (χ0n) is 17.1. The highest BCUT2D eigenvalue weighted by atomic mass is 16.5. The third kappa shape index (κ3) is 6.47. The fraction of sp³-hybridized carbons (Fsp3) is 0.240. The first kappa shape index (κ1) is 20.6. The molecule has 1 N–H and O–H groups in total. The molecule has 0 aromatic heterocycles. The van der Waals surface area contributed by atoms with Gasteiger partial charge in [-0.1, -0.05) is 60.7 Å². The van der Waals surface area contributed by atoms with Crippen LogP contribution in [-0.4, -0.2) is 31.0 Å². The highest BCUT2D eigenvalue weighted by Crippen LogP contribution is 2.19. The highest BCUT2D eigenvalue weighted by molar-refractivity contribution is 5.93. The second kappa shape index (κ2) is 10.4. The Kier molecular flexibility index (Phi) is 7.42. The molecule has 4 nitrogen and oxygen atoms in total. The van der Waals surface area contributed by atoms with Crippen LogP contribution in [0.1, 0.15) is 23.6 Å². The van der Waals surface area contributed by atoms with Gasteiger partial charge in [-0.2, -0.15) is 0 Å². The molecule has 0 aliphatic carbocycles. The number of nitrogens with zero attached hydrogens (tertiary/aromatic N) is 1.